The third kappa shape index (κ3) is 8.93. The number of phenolic OH excluding ortho intramolecular Hbond substituents is 2. The second kappa shape index (κ2) is 21.0. The summed E-state index contributed by atoms with van der Waals surface area (Å²) in [6.45, 7) is 3.26. The number of aromatic nitrogens is 4. The molecule has 3 N–H and O–H groups in total. The first-order valence-corrected chi connectivity index (χ1v) is 30.9. The summed E-state index contributed by atoms with van der Waals surface area (Å²) in [6, 6.07) is 14.3. The Balaban J connectivity index is 0.768. The molecule has 8 aliphatic heterocycles. The van der Waals surface area contributed by atoms with E-state index in [1.807, 2.05) is 9.80 Å². The van der Waals surface area contributed by atoms with Crippen molar-refractivity contribution >= 4 is 55.0 Å². The van der Waals surface area contributed by atoms with Gasteiger partial charge in [-0.1, -0.05) is 30.0 Å². The number of hydrogen-bond donors (Lipinski definition) is 3. The zero-order valence-corrected chi connectivity index (χ0v) is 48.5. The molecule has 6 aromatic carbocycles. The van der Waals surface area contributed by atoms with Crippen LogP contribution in [0.15, 0.2) is 66.7 Å². The highest BCUT2D eigenvalue weighted by molar-refractivity contribution is 6.06. The molecule has 1 aliphatic carbocycles. The van der Waals surface area contributed by atoms with Crippen LogP contribution in [0.3, 0.4) is 0 Å². The van der Waals surface area contributed by atoms with E-state index in [4.69, 9.17) is 42.0 Å². The van der Waals surface area contributed by atoms with Crippen LogP contribution in [0.1, 0.15) is 86.9 Å². The Kier molecular flexibility index (Phi) is 13.2. The van der Waals surface area contributed by atoms with E-state index in [-0.39, 0.29) is 133 Å². The van der Waals surface area contributed by atoms with Crippen LogP contribution < -0.4 is 19.3 Å². The van der Waals surface area contributed by atoms with Gasteiger partial charge in [0.05, 0.1) is 46.6 Å². The lowest BCUT2D eigenvalue weighted by Crippen LogP contribution is -2.58. The molecule has 9 fully saturated rings. The first-order valence-electron chi connectivity index (χ1n) is 30.9. The molecule has 17 rings (SSSR count). The number of terminal acetylenes is 2. The monoisotopic (exact) mass is 1210 g/mol. The first kappa shape index (κ1) is 56.1. The maximum Gasteiger partial charge on any atom is 0.319 e. The molecule has 0 radical (unpaired) electrons. The third-order valence-corrected chi connectivity index (χ3v) is 21.0. The highest BCUT2D eigenvalue weighted by Gasteiger charge is 2.56. The predicted octanol–water partition coefficient (Wildman–Crippen LogP) is 11.4. The molecule has 456 valence electrons. The second-order valence-corrected chi connectivity index (χ2v) is 26.0. The quantitative estimate of drug-likeness (QED) is 0.0832. The molecule has 0 amide bonds. The van der Waals surface area contributed by atoms with Crippen molar-refractivity contribution in [2.75, 3.05) is 68.8 Å². The highest BCUT2D eigenvalue weighted by Crippen LogP contribution is 2.54. The summed E-state index contributed by atoms with van der Waals surface area (Å²) in [5.74, 6) is 1.87. The van der Waals surface area contributed by atoms with Gasteiger partial charge in [-0.05, 0) is 140 Å². The minimum atomic E-state index is -1.64. The lowest BCUT2D eigenvalue weighted by molar-refractivity contribution is -0.0532. The van der Waals surface area contributed by atoms with Crippen LogP contribution in [0.5, 0.6) is 23.5 Å². The molecule has 9 unspecified atom stereocenters. The number of benzene rings is 6. The van der Waals surface area contributed by atoms with Crippen LogP contribution in [0.25, 0.3) is 65.6 Å². The van der Waals surface area contributed by atoms with Crippen molar-refractivity contribution in [3.05, 3.63) is 107 Å². The van der Waals surface area contributed by atoms with Gasteiger partial charge >= 0.3 is 12.0 Å². The molecule has 20 heteroatoms. The SMILES string of the molecule is C#Cc1c(F)ccc2cc(O)cc(-c3ccc4c(N5CC6CC(C5)C6O)nc(OCC56CCCN5C(c5cc(F)c(C#C)c7c(-c8ccc9c(N%10CCC%11CCC(C%10)O%11)nc(OCC%10%11CCCN%10CC(F)C%11)nc9c8F)cc(O)cc57)C(F)C6)nc4c3F)c12. The predicted molar refractivity (Wildman–Crippen MR) is 323 cm³/mol. The third-order valence-electron chi connectivity index (χ3n) is 21.0. The Morgan fingerprint density at radius 2 is 1.25 bits per heavy atom. The molecule has 89 heavy (non-hydrogen) atoms. The molecule has 2 aromatic heterocycles. The molecule has 4 bridgehead atoms. The lowest BCUT2D eigenvalue weighted by atomic mass is 9.68. The smallest absolute Gasteiger partial charge is 0.319 e. The van der Waals surface area contributed by atoms with E-state index < -0.39 is 58.8 Å². The summed E-state index contributed by atoms with van der Waals surface area (Å²) < 4.78 is 120. The Labute approximate surface area is 508 Å². The highest BCUT2D eigenvalue weighted by atomic mass is 19.2. The fourth-order valence-corrected chi connectivity index (χ4v) is 16.9. The number of halogens is 6. The van der Waals surface area contributed by atoms with Gasteiger partial charge in [0.1, 0.15) is 71.4 Å². The van der Waals surface area contributed by atoms with Crippen molar-refractivity contribution in [3.63, 3.8) is 0 Å². The van der Waals surface area contributed by atoms with E-state index >= 15 is 22.0 Å². The van der Waals surface area contributed by atoms with E-state index in [0.29, 0.717) is 86.3 Å². The van der Waals surface area contributed by atoms with Gasteiger partial charge in [0.25, 0.3) is 0 Å². The first-order chi connectivity index (χ1) is 43.1. The van der Waals surface area contributed by atoms with E-state index in [2.05, 4.69) is 26.6 Å². The van der Waals surface area contributed by atoms with Crippen molar-refractivity contribution in [2.24, 2.45) is 11.8 Å². The van der Waals surface area contributed by atoms with Gasteiger partial charge in [0.15, 0.2) is 11.6 Å². The number of rotatable bonds is 11. The average molecular weight is 1210 g/mol. The maximum atomic E-state index is 18.1. The number of alkyl halides is 2. The normalized spacial score (nSPS) is 28.1. The summed E-state index contributed by atoms with van der Waals surface area (Å²) >= 11 is 0. The van der Waals surface area contributed by atoms with E-state index in [1.54, 1.807) is 12.1 Å². The molecule has 8 aromatic rings. The molecule has 9 aliphatic rings. The Morgan fingerprint density at radius 3 is 1.94 bits per heavy atom. The molecule has 1 saturated carbocycles. The van der Waals surface area contributed by atoms with Crippen molar-refractivity contribution in [1.29, 1.82) is 0 Å². The second-order valence-electron chi connectivity index (χ2n) is 26.0. The summed E-state index contributed by atoms with van der Waals surface area (Å²) in [6.07, 6.45) is 15.1. The lowest BCUT2D eigenvalue weighted by Gasteiger charge is -2.51. The van der Waals surface area contributed by atoms with Crippen LogP contribution in [0.4, 0.5) is 38.0 Å². The van der Waals surface area contributed by atoms with Gasteiger partial charge in [-0.25, -0.2) is 26.3 Å². The Hall–Kier alpha value is -8.14. The molecule has 14 nitrogen and oxygen atoms in total. The summed E-state index contributed by atoms with van der Waals surface area (Å²) in [5.41, 5.74) is -1.90. The van der Waals surface area contributed by atoms with Gasteiger partial charge in [-0.2, -0.15) is 19.9 Å². The average Bonchev–Trinajstić information content (AvgIpc) is 1.98. The van der Waals surface area contributed by atoms with E-state index in [0.717, 1.165) is 45.1 Å². The standard InChI is InChI=1S/C69H62F6N8O6/c1-3-43-53(71)14-7-35-22-39(84)23-49(56(35)43)45-10-13-48-61(58(45)74)77-67(79-65(48)81-29-36-21-37(30-81)63(36)86)88-34-69-17-6-19-83(69)62(55(73)28-69)52-26-54(72)44(4-2)57-50(24-40(85)25-51(52)57)46-11-12-47-60(59(46)75)76-66(87-33-68-16-5-18-82(68)31-38(70)27-68)78-64(47)80-20-15-41-8-9-42(32-80)89-41/h1-2,7,10-14,22-26,36-38,41-42,55,62-63,84-86H,5-6,8-9,15-21,27-34H2. The van der Waals surface area contributed by atoms with Crippen molar-refractivity contribution < 1.29 is 55.9 Å². The summed E-state index contributed by atoms with van der Waals surface area (Å²) in [5, 5.41) is 35.0. The van der Waals surface area contributed by atoms with Crippen LogP contribution in [0, 0.1) is 59.8 Å². The minimum absolute atomic E-state index is 0.0260. The number of nitrogens with zero attached hydrogens (tertiary/aromatic N) is 8. The Morgan fingerprint density at radius 1 is 0.618 bits per heavy atom. The minimum Gasteiger partial charge on any atom is -0.508 e. The van der Waals surface area contributed by atoms with Crippen LogP contribution in [-0.4, -0.2) is 146 Å². The largest absolute Gasteiger partial charge is 0.508 e. The number of ether oxygens (including phenoxy) is 3. The molecule has 10 heterocycles. The van der Waals surface area contributed by atoms with Gasteiger partial charge in [0.2, 0.25) is 0 Å². The maximum absolute atomic E-state index is 18.1. The van der Waals surface area contributed by atoms with Crippen LogP contribution in [0.2, 0.25) is 0 Å². The number of aromatic hydroxyl groups is 2. The summed E-state index contributed by atoms with van der Waals surface area (Å²) in [7, 11) is 0. The zero-order valence-electron chi connectivity index (χ0n) is 48.5. The number of piperidine rings is 2. The van der Waals surface area contributed by atoms with E-state index in [1.165, 1.54) is 54.6 Å². The van der Waals surface area contributed by atoms with Crippen molar-refractivity contribution in [2.45, 2.75) is 112 Å². The number of phenols is 2. The van der Waals surface area contributed by atoms with Crippen LogP contribution in [-0.2, 0) is 4.74 Å². The zero-order chi connectivity index (χ0) is 60.9. The van der Waals surface area contributed by atoms with Crippen molar-refractivity contribution in [1.82, 2.24) is 29.7 Å². The molecule has 0 spiro atoms. The number of aliphatic hydroxyl groups is 1. The van der Waals surface area contributed by atoms with Gasteiger partial charge in [-0.3, -0.25) is 9.80 Å². The fraction of sp³-hybridized carbons (Fsp3) is 0.420. The van der Waals surface area contributed by atoms with Crippen LogP contribution >= 0.6 is 0 Å². The molecule has 9 atom stereocenters. The van der Waals surface area contributed by atoms with Gasteiger partial charge < -0.3 is 39.3 Å². The molecule has 8 saturated heterocycles. The van der Waals surface area contributed by atoms with Gasteiger partial charge in [0, 0.05) is 90.1 Å². The van der Waals surface area contributed by atoms with Gasteiger partial charge in [-0.15, -0.1) is 12.8 Å². The van der Waals surface area contributed by atoms with E-state index in [9.17, 15) is 19.7 Å². The summed E-state index contributed by atoms with van der Waals surface area (Å²) in [4.78, 5) is 27.3. The topological polar surface area (TPSA) is 153 Å². The number of aliphatic hydroxyl groups excluding tert-OH is 1. The number of hydrogen-bond acceptors (Lipinski definition) is 14. The molecular formula is C69H62F6N8O6. The fourth-order valence-electron chi connectivity index (χ4n) is 16.9. The van der Waals surface area contributed by atoms with Crippen molar-refractivity contribution in [3.8, 4) is 70.5 Å². The Bertz CT molecular complexity index is 4380. The number of fused-ring (bicyclic) bond motifs is 10. The molecular weight excluding hydrogens is 1150 g/mol. The number of anilines is 2.